The lowest BCUT2D eigenvalue weighted by atomic mass is 9.97. The van der Waals surface area contributed by atoms with Crippen molar-refractivity contribution in [1.29, 1.82) is 0 Å². The van der Waals surface area contributed by atoms with Crippen molar-refractivity contribution in [3.05, 3.63) is 71.3 Å². The SMILES string of the molecule is CCCCCOC(=O)c1cc([N+](=O)[O-])cc2c1-c1c(cc([N+](=O)[O-])cc1[N+](=O)[O-])C2=O. The van der Waals surface area contributed by atoms with Gasteiger partial charge in [0.1, 0.15) is 0 Å². The fourth-order valence-corrected chi connectivity index (χ4v) is 3.38. The molecule has 3 rings (SSSR count). The molecule has 0 aromatic heterocycles. The largest absolute Gasteiger partial charge is 0.462 e. The van der Waals surface area contributed by atoms with Crippen LogP contribution in [0.5, 0.6) is 0 Å². The van der Waals surface area contributed by atoms with Gasteiger partial charge in [0.05, 0.1) is 38.6 Å². The monoisotopic (exact) mass is 429 g/mol. The van der Waals surface area contributed by atoms with E-state index >= 15 is 0 Å². The maximum atomic E-state index is 12.9. The van der Waals surface area contributed by atoms with Crippen molar-refractivity contribution in [2.75, 3.05) is 6.61 Å². The molecule has 0 bridgehead atoms. The first-order valence-electron chi connectivity index (χ1n) is 9.18. The summed E-state index contributed by atoms with van der Waals surface area (Å²) < 4.78 is 5.15. The average molecular weight is 429 g/mol. The first-order chi connectivity index (χ1) is 14.7. The highest BCUT2D eigenvalue weighted by molar-refractivity contribution is 6.26. The van der Waals surface area contributed by atoms with Gasteiger partial charge < -0.3 is 4.74 Å². The topological polar surface area (TPSA) is 173 Å². The number of carbonyl (C=O) groups is 2. The average Bonchev–Trinajstić information content (AvgIpc) is 3.01. The van der Waals surface area contributed by atoms with Gasteiger partial charge in [-0.05, 0) is 6.42 Å². The van der Waals surface area contributed by atoms with Gasteiger partial charge in [-0.2, -0.15) is 0 Å². The maximum Gasteiger partial charge on any atom is 0.339 e. The highest BCUT2D eigenvalue weighted by Gasteiger charge is 2.40. The molecule has 0 radical (unpaired) electrons. The second kappa shape index (κ2) is 8.26. The van der Waals surface area contributed by atoms with Crippen molar-refractivity contribution in [2.45, 2.75) is 26.2 Å². The third kappa shape index (κ3) is 3.82. The van der Waals surface area contributed by atoms with Gasteiger partial charge >= 0.3 is 5.97 Å². The second-order valence-electron chi connectivity index (χ2n) is 6.75. The molecule has 0 aliphatic heterocycles. The number of fused-ring (bicyclic) bond motifs is 3. The Morgan fingerprint density at radius 2 is 1.45 bits per heavy atom. The number of rotatable bonds is 8. The summed E-state index contributed by atoms with van der Waals surface area (Å²) in [6.45, 7) is 1.96. The molecule has 0 N–H and O–H groups in total. The van der Waals surface area contributed by atoms with Gasteiger partial charge in [-0.15, -0.1) is 0 Å². The van der Waals surface area contributed by atoms with Gasteiger partial charge in [-0.1, -0.05) is 19.8 Å². The fourth-order valence-electron chi connectivity index (χ4n) is 3.38. The second-order valence-corrected chi connectivity index (χ2v) is 6.75. The van der Waals surface area contributed by atoms with Crippen LogP contribution in [0.15, 0.2) is 24.3 Å². The van der Waals surface area contributed by atoms with E-state index in [1.165, 1.54) is 0 Å². The minimum absolute atomic E-state index is 0.0211. The summed E-state index contributed by atoms with van der Waals surface area (Å²) in [6.07, 6.45) is 2.18. The van der Waals surface area contributed by atoms with Crippen molar-refractivity contribution in [1.82, 2.24) is 0 Å². The number of ketones is 1. The van der Waals surface area contributed by atoms with Crippen molar-refractivity contribution in [2.24, 2.45) is 0 Å². The molecule has 0 atom stereocenters. The Labute approximate surface area is 173 Å². The van der Waals surface area contributed by atoms with E-state index in [9.17, 15) is 39.9 Å². The van der Waals surface area contributed by atoms with Gasteiger partial charge in [-0.25, -0.2) is 4.79 Å². The van der Waals surface area contributed by atoms with Crippen LogP contribution in [0.1, 0.15) is 52.5 Å². The Morgan fingerprint density at radius 1 is 0.871 bits per heavy atom. The molecule has 0 spiro atoms. The number of benzene rings is 2. The van der Waals surface area contributed by atoms with E-state index in [2.05, 4.69) is 0 Å². The molecule has 0 saturated heterocycles. The van der Waals surface area contributed by atoms with Crippen molar-refractivity contribution in [3.8, 4) is 11.1 Å². The zero-order valence-electron chi connectivity index (χ0n) is 16.2. The van der Waals surface area contributed by atoms with Crippen LogP contribution in [-0.2, 0) is 4.74 Å². The quantitative estimate of drug-likeness (QED) is 0.222. The standard InChI is InChI=1S/C19H15N3O9/c1-2-3-4-5-31-19(24)14-8-10(20(25)26)6-12-16(14)17-13(18(12)23)7-11(21(27)28)9-15(17)22(29)30/h6-9H,2-5H2,1H3. The predicted molar refractivity (Wildman–Crippen MR) is 105 cm³/mol. The fraction of sp³-hybridized carbons (Fsp3) is 0.263. The van der Waals surface area contributed by atoms with Crippen molar-refractivity contribution >= 4 is 28.8 Å². The molecule has 160 valence electrons. The normalized spacial score (nSPS) is 11.6. The Hall–Kier alpha value is -4.22. The number of non-ortho nitro benzene ring substituents is 2. The molecule has 1 aliphatic carbocycles. The number of esters is 1. The minimum Gasteiger partial charge on any atom is -0.462 e. The number of hydrogen-bond donors (Lipinski definition) is 0. The molecule has 0 heterocycles. The number of nitrogens with zero attached hydrogens (tertiary/aromatic N) is 3. The summed E-state index contributed by atoms with van der Waals surface area (Å²) in [6, 6.07) is 3.31. The van der Waals surface area contributed by atoms with E-state index in [1.807, 2.05) is 6.92 Å². The first-order valence-corrected chi connectivity index (χ1v) is 9.18. The van der Waals surface area contributed by atoms with E-state index in [1.54, 1.807) is 0 Å². The Morgan fingerprint density at radius 3 is 2.00 bits per heavy atom. The third-order valence-corrected chi connectivity index (χ3v) is 4.78. The van der Waals surface area contributed by atoms with Crippen LogP contribution in [-0.4, -0.2) is 33.1 Å². The highest BCUT2D eigenvalue weighted by atomic mass is 16.6. The number of ether oxygens (including phenoxy) is 1. The van der Waals surface area contributed by atoms with Crippen LogP contribution in [0.2, 0.25) is 0 Å². The highest BCUT2D eigenvalue weighted by Crippen LogP contribution is 2.47. The van der Waals surface area contributed by atoms with E-state index in [0.717, 1.165) is 31.0 Å². The maximum absolute atomic E-state index is 12.9. The minimum atomic E-state index is -0.982. The van der Waals surface area contributed by atoms with Crippen LogP contribution in [0.25, 0.3) is 11.1 Å². The summed E-state index contributed by atoms with van der Waals surface area (Å²) >= 11 is 0. The lowest BCUT2D eigenvalue weighted by Gasteiger charge is -2.10. The van der Waals surface area contributed by atoms with Crippen molar-refractivity contribution in [3.63, 3.8) is 0 Å². The molecular weight excluding hydrogens is 414 g/mol. The molecular formula is C19H15N3O9. The molecule has 0 saturated carbocycles. The number of carbonyl (C=O) groups excluding carboxylic acids is 2. The molecule has 2 aromatic carbocycles. The van der Waals surface area contributed by atoms with Crippen LogP contribution in [0.4, 0.5) is 17.1 Å². The first kappa shape index (κ1) is 21.5. The van der Waals surface area contributed by atoms with Gasteiger partial charge in [-0.3, -0.25) is 35.1 Å². The summed E-state index contributed by atoms with van der Waals surface area (Å²) in [7, 11) is 0. The molecule has 31 heavy (non-hydrogen) atoms. The summed E-state index contributed by atoms with van der Waals surface area (Å²) in [4.78, 5) is 57.0. The van der Waals surface area contributed by atoms with Crippen LogP contribution in [0, 0.1) is 30.3 Å². The van der Waals surface area contributed by atoms with Crippen molar-refractivity contribution < 1.29 is 29.1 Å². The lowest BCUT2D eigenvalue weighted by Crippen LogP contribution is -2.10. The van der Waals surface area contributed by atoms with E-state index in [-0.39, 0.29) is 34.4 Å². The molecule has 12 nitrogen and oxygen atoms in total. The number of nitro groups is 3. The molecule has 12 heteroatoms. The molecule has 1 aliphatic rings. The number of nitro benzene ring substituents is 3. The summed E-state index contributed by atoms with van der Waals surface area (Å²) in [5.74, 6) is -1.87. The zero-order valence-corrected chi connectivity index (χ0v) is 16.2. The molecule has 0 amide bonds. The van der Waals surface area contributed by atoms with Crippen LogP contribution in [0.3, 0.4) is 0 Å². The Balaban J connectivity index is 2.25. The number of unbranched alkanes of at least 4 members (excludes halogenated alkanes) is 2. The molecule has 0 fully saturated rings. The third-order valence-electron chi connectivity index (χ3n) is 4.78. The lowest BCUT2D eigenvalue weighted by molar-refractivity contribution is -0.393. The zero-order chi connectivity index (χ0) is 22.9. The van der Waals surface area contributed by atoms with Gasteiger partial charge in [0.2, 0.25) is 0 Å². The van der Waals surface area contributed by atoms with Crippen LogP contribution < -0.4 is 0 Å². The van der Waals surface area contributed by atoms with E-state index in [4.69, 9.17) is 4.74 Å². The van der Waals surface area contributed by atoms with E-state index < -0.39 is 43.6 Å². The van der Waals surface area contributed by atoms with Gasteiger partial charge in [0.15, 0.2) is 5.78 Å². The smallest absolute Gasteiger partial charge is 0.339 e. The summed E-state index contributed by atoms with van der Waals surface area (Å²) in [5, 5.41) is 34.1. The number of hydrogen-bond acceptors (Lipinski definition) is 9. The van der Waals surface area contributed by atoms with Gasteiger partial charge in [0, 0.05) is 34.9 Å². The summed E-state index contributed by atoms with van der Waals surface area (Å²) in [5.41, 5.74) is -3.62. The van der Waals surface area contributed by atoms with Crippen LogP contribution >= 0.6 is 0 Å². The Kier molecular flexibility index (Phi) is 5.72. The predicted octanol–water partition coefficient (Wildman–Crippen LogP) is 3.97. The van der Waals surface area contributed by atoms with Gasteiger partial charge in [0.25, 0.3) is 17.1 Å². The molecule has 0 unspecified atom stereocenters. The Bertz CT molecular complexity index is 1160. The molecule has 2 aromatic rings. The van der Waals surface area contributed by atoms with E-state index in [0.29, 0.717) is 12.5 Å².